The smallest absolute Gasteiger partial charge is 0.139 e. The number of anilines is 1. The Hall–Kier alpha value is -1.07. The highest BCUT2D eigenvalue weighted by atomic mass is 32.2. The molecule has 0 aromatic heterocycles. The van der Waals surface area contributed by atoms with Crippen LogP contribution in [0, 0.1) is 0 Å². The van der Waals surface area contributed by atoms with Crippen LogP contribution >= 0.6 is 0 Å². The van der Waals surface area contributed by atoms with E-state index in [-0.39, 0.29) is 6.04 Å². The molecule has 1 rings (SSSR count). The number of hydrogen-bond donors (Lipinski definition) is 1. The topological polar surface area (TPSA) is 58.7 Å². The van der Waals surface area contributed by atoms with Gasteiger partial charge in [0.2, 0.25) is 0 Å². The molecular formula is C12H21N3OS. The number of nitrogen functional groups attached to an aromatic ring is 1. The van der Waals surface area contributed by atoms with E-state index >= 15 is 0 Å². The normalized spacial score (nSPS) is 14.9. The van der Waals surface area contributed by atoms with Crippen LogP contribution in [0.1, 0.15) is 20.8 Å². The van der Waals surface area contributed by atoms with Crippen molar-refractivity contribution >= 4 is 15.6 Å². The molecule has 0 aliphatic carbocycles. The fraction of sp³-hybridized carbons (Fsp3) is 0.500. The van der Waals surface area contributed by atoms with E-state index in [1.54, 1.807) is 16.4 Å². The number of nitrogens with zero attached hydrogens (tertiary/aromatic N) is 2. The summed E-state index contributed by atoms with van der Waals surface area (Å²) in [4.78, 5) is 0.676. The maximum Gasteiger partial charge on any atom is 0.139 e. The highest BCUT2D eigenvalue weighted by molar-refractivity contribution is 7.91. The van der Waals surface area contributed by atoms with E-state index in [2.05, 4.69) is 4.36 Å². The lowest BCUT2D eigenvalue weighted by atomic mass is 10.3. The predicted molar refractivity (Wildman–Crippen MR) is 73.1 cm³/mol. The Kier molecular flexibility index (Phi) is 4.54. The zero-order chi connectivity index (χ0) is 13.1. The van der Waals surface area contributed by atoms with Crippen molar-refractivity contribution in [2.45, 2.75) is 31.7 Å². The average molecular weight is 255 g/mol. The van der Waals surface area contributed by atoms with Gasteiger partial charge in [-0.15, -0.1) is 0 Å². The number of hydrogen-bond acceptors (Lipinski definition) is 3. The zero-order valence-electron chi connectivity index (χ0n) is 10.9. The van der Waals surface area contributed by atoms with Crippen LogP contribution in [0.4, 0.5) is 5.69 Å². The lowest BCUT2D eigenvalue weighted by Gasteiger charge is -2.21. The SMILES string of the molecule is CCN(C)S(=O)(=NC(C)C)c1cccc(N)c1. The maximum absolute atomic E-state index is 13.0. The highest BCUT2D eigenvalue weighted by Crippen LogP contribution is 2.20. The third-order valence-electron chi connectivity index (χ3n) is 2.39. The first kappa shape index (κ1) is 14.0. The van der Waals surface area contributed by atoms with Gasteiger partial charge in [0.1, 0.15) is 9.92 Å². The van der Waals surface area contributed by atoms with E-state index in [9.17, 15) is 4.21 Å². The Bertz CT molecular complexity index is 490. The molecule has 1 unspecified atom stereocenters. The fourth-order valence-corrected chi connectivity index (χ4v) is 3.57. The minimum absolute atomic E-state index is 0.0120. The second-order valence-corrected chi connectivity index (χ2v) is 6.51. The van der Waals surface area contributed by atoms with Crippen molar-refractivity contribution in [1.82, 2.24) is 4.31 Å². The summed E-state index contributed by atoms with van der Waals surface area (Å²) in [5.41, 5.74) is 6.35. The second-order valence-electron chi connectivity index (χ2n) is 4.21. The van der Waals surface area contributed by atoms with Gasteiger partial charge in [-0.25, -0.2) is 12.9 Å². The van der Waals surface area contributed by atoms with Crippen molar-refractivity contribution in [2.24, 2.45) is 4.36 Å². The van der Waals surface area contributed by atoms with Gasteiger partial charge in [0, 0.05) is 19.3 Å². The molecule has 0 fully saturated rings. The first-order chi connectivity index (χ1) is 7.90. The van der Waals surface area contributed by atoms with Crippen molar-refractivity contribution in [3.05, 3.63) is 24.3 Å². The van der Waals surface area contributed by atoms with Crippen molar-refractivity contribution in [3.8, 4) is 0 Å². The summed E-state index contributed by atoms with van der Waals surface area (Å²) in [7, 11) is -0.723. The van der Waals surface area contributed by atoms with Gasteiger partial charge in [0.05, 0.1) is 10.9 Å². The van der Waals surface area contributed by atoms with E-state index in [1.165, 1.54) is 0 Å². The summed E-state index contributed by atoms with van der Waals surface area (Å²) in [5, 5.41) is 0. The molecule has 1 aromatic rings. The molecule has 96 valence electrons. The van der Waals surface area contributed by atoms with Gasteiger partial charge in [-0.1, -0.05) is 13.0 Å². The largest absolute Gasteiger partial charge is 0.399 e. The van der Waals surface area contributed by atoms with Gasteiger partial charge >= 0.3 is 0 Å². The van der Waals surface area contributed by atoms with Gasteiger partial charge in [-0.2, -0.15) is 0 Å². The lowest BCUT2D eigenvalue weighted by molar-refractivity contribution is 0.534. The molecule has 1 aromatic carbocycles. The lowest BCUT2D eigenvalue weighted by Crippen LogP contribution is -2.27. The van der Waals surface area contributed by atoms with Gasteiger partial charge < -0.3 is 5.73 Å². The van der Waals surface area contributed by atoms with Crippen LogP contribution in [0.15, 0.2) is 33.5 Å². The van der Waals surface area contributed by atoms with Crippen LogP contribution in [0.2, 0.25) is 0 Å². The van der Waals surface area contributed by atoms with E-state index in [1.807, 2.05) is 40.0 Å². The van der Waals surface area contributed by atoms with Crippen molar-refractivity contribution in [3.63, 3.8) is 0 Å². The summed E-state index contributed by atoms with van der Waals surface area (Å²) in [5.74, 6) is 0. The standard InChI is InChI=1S/C12H21N3OS/c1-5-15(4)17(16,14-10(2)3)12-8-6-7-11(13)9-12/h6-10H,5,13H2,1-4H3. The average Bonchev–Trinajstić information content (AvgIpc) is 2.26. The van der Waals surface area contributed by atoms with Crippen molar-refractivity contribution in [2.75, 3.05) is 19.3 Å². The van der Waals surface area contributed by atoms with E-state index in [0.29, 0.717) is 17.1 Å². The summed E-state index contributed by atoms with van der Waals surface area (Å²) < 4.78 is 19.1. The van der Waals surface area contributed by atoms with Crippen molar-refractivity contribution < 1.29 is 4.21 Å². The van der Waals surface area contributed by atoms with Gasteiger partial charge in [-0.3, -0.25) is 0 Å². The van der Waals surface area contributed by atoms with Crippen LogP contribution < -0.4 is 5.73 Å². The Balaban J connectivity index is 3.40. The van der Waals surface area contributed by atoms with Crippen LogP contribution in [0.3, 0.4) is 0 Å². The molecule has 0 aliphatic heterocycles. The Morgan fingerprint density at radius 3 is 2.59 bits per heavy atom. The van der Waals surface area contributed by atoms with Crippen LogP contribution in [0.5, 0.6) is 0 Å². The molecule has 2 N–H and O–H groups in total. The maximum atomic E-state index is 13.0. The highest BCUT2D eigenvalue weighted by Gasteiger charge is 2.18. The minimum Gasteiger partial charge on any atom is -0.399 e. The third kappa shape index (κ3) is 3.20. The first-order valence-electron chi connectivity index (χ1n) is 5.73. The van der Waals surface area contributed by atoms with Gasteiger partial charge in [-0.05, 0) is 32.0 Å². The van der Waals surface area contributed by atoms with E-state index in [0.717, 1.165) is 0 Å². The molecule has 0 heterocycles. The molecule has 1 atom stereocenters. The van der Waals surface area contributed by atoms with E-state index in [4.69, 9.17) is 5.73 Å². The molecule has 0 bridgehead atoms. The molecule has 0 radical (unpaired) electrons. The van der Waals surface area contributed by atoms with Gasteiger partial charge in [0.15, 0.2) is 0 Å². The van der Waals surface area contributed by atoms with E-state index < -0.39 is 9.92 Å². The molecule has 0 saturated carbocycles. The van der Waals surface area contributed by atoms with Gasteiger partial charge in [0.25, 0.3) is 0 Å². The number of rotatable bonds is 4. The summed E-state index contributed by atoms with van der Waals surface area (Å²) in [6.45, 7) is 6.48. The fourth-order valence-electron chi connectivity index (χ4n) is 1.46. The molecule has 0 spiro atoms. The van der Waals surface area contributed by atoms with Crippen LogP contribution in [-0.4, -0.2) is 28.1 Å². The quantitative estimate of drug-likeness (QED) is 0.840. The molecule has 4 nitrogen and oxygen atoms in total. The molecular weight excluding hydrogens is 234 g/mol. The number of benzene rings is 1. The zero-order valence-corrected chi connectivity index (χ0v) is 11.7. The molecule has 5 heteroatoms. The molecule has 0 aliphatic rings. The minimum atomic E-state index is -2.54. The van der Waals surface area contributed by atoms with Crippen LogP contribution in [0.25, 0.3) is 0 Å². The summed E-state index contributed by atoms with van der Waals surface area (Å²) >= 11 is 0. The second kappa shape index (κ2) is 5.51. The number of nitrogens with two attached hydrogens (primary N) is 1. The van der Waals surface area contributed by atoms with Crippen LogP contribution in [-0.2, 0) is 9.92 Å². The monoisotopic (exact) mass is 255 g/mol. The Morgan fingerprint density at radius 1 is 1.47 bits per heavy atom. The molecule has 17 heavy (non-hydrogen) atoms. The summed E-state index contributed by atoms with van der Waals surface area (Å²) in [6.07, 6.45) is 0. The first-order valence-corrected chi connectivity index (χ1v) is 7.20. The third-order valence-corrected chi connectivity index (χ3v) is 5.07. The summed E-state index contributed by atoms with van der Waals surface area (Å²) in [6, 6.07) is 7.16. The van der Waals surface area contributed by atoms with Crippen molar-refractivity contribution in [1.29, 1.82) is 0 Å². The predicted octanol–water partition coefficient (Wildman–Crippen LogP) is 2.37. The molecule has 0 amide bonds. The Labute approximate surface area is 104 Å². The Morgan fingerprint density at radius 2 is 2.12 bits per heavy atom. The molecule has 0 saturated heterocycles.